The van der Waals surface area contributed by atoms with E-state index in [0.717, 1.165) is 30.5 Å². The van der Waals surface area contributed by atoms with Crippen LogP contribution >= 0.6 is 15.9 Å². The zero-order chi connectivity index (χ0) is 17.3. The standard InChI is InChI=1S/C17H25BrN2O2S/c1-12-5-8-14(9-6-12)23(21,22)20-19-16-10-7-13(11-15(16)18)17(2,3)4/h5-6,8-9,13,15,20H,7,10-11H2,1-4H3. The minimum atomic E-state index is -3.60. The molecule has 0 spiro atoms. The van der Waals surface area contributed by atoms with Gasteiger partial charge in [-0.05, 0) is 49.7 Å². The van der Waals surface area contributed by atoms with Crippen LogP contribution in [0.4, 0.5) is 0 Å². The van der Waals surface area contributed by atoms with Crippen molar-refractivity contribution >= 4 is 31.7 Å². The monoisotopic (exact) mass is 400 g/mol. The number of alkyl halides is 1. The van der Waals surface area contributed by atoms with Gasteiger partial charge in [0.05, 0.1) is 15.4 Å². The summed E-state index contributed by atoms with van der Waals surface area (Å²) in [5, 5.41) is 4.18. The number of aryl methyl sites for hydroxylation is 1. The van der Waals surface area contributed by atoms with Crippen molar-refractivity contribution in [2.24, 2.45) is 16.4 Å². The quantitative estimate of drug-likeness (QED) is 0.609. The summed E-state index contributed by atoms with van der Waals surface area (Å²) >= 11 is 3.66. The van der Waals surface area contributed by atoms with Crippen LogP contribution in [0.3, 0.4) is 0 Å². The lowest BCUT2D eigenvalue weighted by atomic mass is 9.72. The predicted octanol–water partition coefficient (Wildman–Crippen LogP) is 4.24. The molecule has 1 aromatic rings. The average Bonchev–Trinajstić information content (AvgIpc) is 2.45. The number of hydrazone groups is 1. The second kappa shape index (κ2) is 6.93. The Morgan fingerprint density at radius 1 is 1.22 bits per heavy atom. The van der Waals surface area contributed by atoms with Gasteiger partial charge in [0.25, 0.3) is 10.0 Å². The molecule has 1 saturated carbocycles. The molecule has 0 heterocycles. The van der Waals surface area contributed by atoms with E-state index >= 15 is 0 Å². The van der Waals surface area contributed by atoms with Gasteiger partial charge in [-0.15, -0.1) is 0 Å². The van der Waals surface area contributed by atoms with E-state index in [1.807, 2.05) is 6.92 Å². The maximum Gasteiger partial charge on any atom is 0.276 e. The normalized spacial score (nSPS) is 24.7. The van der Waals surface area contributed by atoms with Crippen LogP contribution in [-0.2, 0) is 10.0 Å². The lowest BCUT2D eigenvalue weighted by molar-refractivity contribution is 0.211. The van der Waals surface area contributed by atoms with Crippen molar-refractivity contribution in [1.82, 2.24) is 4.83 Å². The highest BCUT2D eigenvalue weighted by atomic mass is 79.9. The van der Waals surface area contributed by atoms with Crippen molar-refractivity contribution in [3.63, 3.8) is 0 Å². The molecule has 128 valence electrons. The molecule has 0 amide bonds. The van der Waals surface area contributed by atoms with Crippen LogP contribution in [0.15, 0.2) is 34.3 Å². The highest BCUT2D eigenvalue weighted by Crippen LogP contribution is 2.39. The third-order valence-corrected chi connectivity index (χ3v) is 6.59. The Morgan fingerprint density at radius 2 is 1.83 bits per heavy atom. The third kappa shape index (κ3) is 4.80. The SMILES string of the molecule is Cc1ccc(S(=O)(=O)NN=C2CCC(C(C)(C)C)CC2Br)cc1. The van der Waals surface area contributed by atoms with E-state index in [9.17, 15) is 8.42 Å². The maximum atomic E-state index is 12.3. The molecule has 6 heteroatoms. The smallest absolute Gasteiger partial charge is 0.200 e. The Kier molecular flexibility index (Phi) is 5.56. The first-order valence-corrected chi connectivity index (χ1v) is 10.3. The minimum Gasteiger partial charge on any atom is -0.200 e. The molecule has 1 aromatic carbocycles. The molecule has 0 aliphatic heterocycles. The molecule has 2 rings (SSSR count). The van der Waals surface area contributed by atoms with Gasteiger partial charge >= 0.3 is 0 Å². The van der Waals surface area contributed by atoms with E-state index in [4.69, 9.17) is 0 Å². The Bertz CT molecular complexity index is 676. The second-order valence-electron chi connectivity index (χ2n) is 7.32. The summed E-state index contributed by atoms with van der Waals surface area (Å²) in [5.74, 6) is 0.611. The zero-order valence-electron chi connectivity index (χ0n) is 14.1. The van der Waals surface area contributed by atoms with Gasteiger partial charge < -0.3 is 0 Å². The zero-order valence-corrected chi connectivity index (χ0v) is 16.5. The molecule has 23 heavy (non-hydrogen) atoms. The van der Waals surface area contributed by atoms with Gasteiger partial charge in [0.1, 0.15) is 0 Å². The number of benzene rings is 1. The maximum absolute atomic E-state index is 12.3. The van der Waals surface area contributed by atoms with Crippen LogP contribution in [0, 0.1) is 18.3 Å². The first-order valence-electron chi connectivity index (χ1n) is 7.88. The van der Waals surface area contributed by atoms with Crippen LogP contribution in [0.5, 0.6) is 0 Å². The highest BCUT2D eigenvalue weighted by molar-refractivity contribution is 9.10. The van der Waals surface area contributed by atoms with Crippen molar-refractivity contribution in [1.29, 1.82) is 0 Å². The minimum absolute atomic E-state index is 0.126. The Balaban J connectivity index is 2.07. The summed E-state index contributed by atoms with van der Waals surface area (Å²) in [6.07, 6.45) is 2.83. The fourth-order valence-corrected chi connectivity index (χ4v) is 4.40. The molecule has 4 nitrogen and oxygen atoms in total. The number of halogens is 1. The summed E-state index contributed by atoms with van der Waals surface area (Å²) in [6.45, 7) is 8.67. The molecule has 0 saturated heterocycles. The predicted molar refractivity (Wildman–Crippen MR) is 98.4 cm³/mol. The summed E-state index contributed by atoms with van der Waals surface area (Å²) in [4.78, 5) is 2.74. The van der Waals surface area contributed by atoms with Gasteiger partial charge in [0, 0.05) is 0 Å². The van der Waals surface area contributed by atoms with E-state index in [-0.39, 0.29) is 15.1 Å². The Labute approximate surface area is 147 Å². The van der Waals surface area contributed by atoms with Crippen molar-refractivity contribution < 1.29 is 8.42 Å². The van der Waals surface area contributed by atoms with Gasteiger partial charge in [0.2, 0.25) is 0 Å². The molecular formula is C17H25BrN2O2S. The van der Waals surface area contributed by atoms with E-state index in [1.54, 1.807) is 24.3 Å². The van der Waals surface area contributed by atoms with E-state index in [2.05, 4.69) is 46.6 Å². The number of rotatable bonds is 3. The van der Waals surface area contributed by atoms with E-state index < -0.39 is 10.0 Å². The highest BCUT2D eigenvalue weighted by Gasteiger charge is 2.33. The molecule has 0 aromatic heterocycles. The van der Waals surface area contributed by atoms with Gasteiger partial charge in [-0.25, -0.2) is 4.83 Å². The molecule has 1 N–H and O–H groups in total. The first-order chi connectivity index (χ1) is 10.6. The molecule has 2 unspecified atom stereocenters. The summed E-state index contributed by atoms with van der Waals surface area (Å²) in [7, 11) is -3.60. The van der Waals surface area contributed by atoms with Crippen LogP contribution in [0.25, 0.3) is 0 Å². The molecule has 2 atom stereocenters. The number of sulfonamides is 1. The van der Waals surface area contributed by atoms with Crippen LogP contribution in [0.1, 0.15) is 45.6 Å². The molecule has 0 bridgehead atoms. The fraction of sp³-hybridized carbons (Fsp3) is 0.588. The Hall–Kier alpha value is -0.880. The Morgan fingerprint density at radius 3 is 2.35 bits per heavy atom. The number of hydrogen-bond donors (Lipinski definition) is 1. The fourth-order valence-electron chi connectivity index (χ4n) is 2.78. The van der Waals surface area contributed by atoms with Gasteiger partial charge in [-0.3, -0.25) is 0 Å². The average molecular weight is 401 g/mol. The lowest BCUT2D eigenvalue weighted by Gasteiger charge is -2.36. The molecule has 1 aliphatic rings. The van der Waals surface area contributed by atoms with E-state index in [0.29, 0.717) is 5.92 Å². The van der Waals surface area contributed by atoms with Crippen LogP contribution < -0.4 is 4.83 Å². The summed E-state index contributed by atoms with van der Waals surface area (Å²) < 4.78 is 24.6. The van der Waals surface area contributed by atoms with Crippen molar-refractivity contribution in [2.75, 3.05) is 0 Å². The van der Waals surface area contributed by atoms with E-state index in [1.165, 1.54) is 0 Å². The largest absolute Gasteiger partial charge is 0.276 e. The third-order valence-electron chi connectivity index (χ3n) is 4.47. The summed E-state index contributed by atoms with van der Waals surface area (Å²) in [6, 6.07) is 6.76. The number of nitrogens with zero attached hydrogens (tertiary/aromatic N) is 1. The topological polar surface area (TPSA) is 58.5 Å². The molecule has 0 radical (unpaired) electrons. The number of nitrogens with one attached hydrogen (secondary N) is 1. The van der Waals surface area contributed by atoms with Crippen molar-refractivity contribution in [3.05, 3.63) is 29.8 Å². The summed E-state index contributed by atoms with van der Waals surface area (Å²) in [5.41, 5.74) is 2.16. The first kappa shape index (κ1) is 18.5. The number of hydrogen-bond acceptors (Lipinski definition) is 3. The molecular weight excluding hydrogens is 376 g/mol. The molecule has 1 fully saturated rings. The van der Waals surface area contributed by atoms with Gasteiger partial charge in [0.15, 0.2) is 0 Å². The van der Waals surface area contributed by atoms with Crippen LogP contribution in [0.2, 0.25) is 0 Å². The molecule has 1 aliphatic carbocycles. The van der Waals surface area contributed by atoms with Gasteiger partial charge in [-0.1, -0.05) is 54.4 Å². The van der Waals surface area contributed by atoms with Gasteiger partial charge in [-0.2, -0.15) is 13.5 Å². The second-order valence-corrected chi connectivity index (χ2v) is 10.1. The van der Waals surface area contributed by atoms with Crippen molar-refractivity contribution in [3.8, 4) is 0 Å². The lowest BCUT2D eigenvalue weighted by Crippen LogP contribution is -2.34. The van der Waals surface area contributed by atoms with Crippen LogP contribution in [-0.4, -0.2) is 19.0 Å². The van der Waals surface area contributed by atoms with Crippen molar-refractivity contribution in [2.45, 2.75) is 56.7 Å².